The van der Waals surface area contributed by atoms with E-state index in [1.807, 2.05) is 5.43 Å². The van der Waals surface area contributed by atoms with E-state index in [2.05, 4.69) is 0 Å². The predicted octanol–water partition coefficient (Wildman–Crippen LogP) is -2.30. The van der Waals surface area contributed by atoms with E-state index in [1.165, 1.54) is 0 Å². The summed E-state index contributed by atoms with van der Waals surface area (Å²) in [7, 11) is 0. The van der Waals surface area contributed by atoms with E-state index in [0.717, 1.165) is 5.01 Å². The standard InChI is InChI=1S/C5H10N4O2/c6-8-5(11)3-1-4(10)9(7)2-3/h3H,1-2,6-7H2,(H,8,11). The Morgan fingerprint density at radius 3 is 2.73 bits per heavy atom. The average Bonchev–Trinajstić information content (AvgIpc) is 2.31. The largest absolute Gasteiger partial charge is 0.294 e. The lowest BCUT2D eigenvalue weighted by Gasteiger charge is -2.07. The first-order valence-electron chi connectivity index (χ1n) is 3.20. The van der Waals surface area contributed by atoms with Crippen molar-refractivity contribution in [1.29, 1.82) is 0 Å². The molecule has 0 aromatic rings. The van der Waals surface area contributed by atoms with Crippen molar-refractivity contribution in [2.75, 3.05) is 6.54 Å². The highest BCUT2D eigenvalue weighted by atomic mass is 16.2. The van der Waals surface area contributed by atoms with Crippen LogP contribution < -0.4 is 17.1 Å². The van der Waals surface area contributed by atoms with Crippen LogP contribution in [0, 0.1) is 5.92 Å². The molecule has 1 aliphatic heterocycles. The van der Waals surface area contributed by atoms with Crippen molar-refractivity contribution in [1.82, 2.24) is 10.4 Å². The smallest absolute Gasteiger partial charge is 0.239 e. The van der Waals surface area contributed by atoms with E-state index in [1.54, 1.807) is 0 Å². The molecule has 0 aromatic carbocycles. The number of nitrogens with zero attached hydrogens (tertiary/aromatic N) is 1. The summed E-state index contributed by atoms with van der Waals surface area (Å²) in [5, 5.41) is 1.03. The van der Waals surface area contributed by atoms with Crippen LogP contribution in [0.5, 0.6) is 0 Å². The van der Waals surface area contributed by atoms with Crippen LogP contribution in [-0.4, -0.2) is 23.4 Å². The summed E-state index contributed by atoms with van der Waals surface area (Å²) in [6.07, 6.45) is 0.152. The first-order valence-corrected chi connectivity index (χ1v) is 3.20. The lowest BCUT2D eigenvalue weighted by atomic mass is 10.1. The van der Waals surface area contributed by atoms with Crippen molar-refractivity contribution in [3.8, 4) is 0 Å². The third-order valence-electron chi connectivity index (χ3n) is 1.67. The SMILES string of the molecule is NNC(=O)C1CC(=O)N(N)C1. The Balaban J connectivity index is 2.53. The molecule has 0 aromatic heterocycles. The molecule has 1 unspecified atom stereocenters. The van der Waals surface area contributed by atoms with Crippen LogP contribution in [0.1, 0.15) is 6.42 Å². The molecule has 1 atom stereocenters. The molecule has 6 heteroatoms. The monoisotopic (exact) mass is 158 g/mol. The Hall–Kier alpha value is -1.14. The van der Waals surface area contributed by atoms with Crippen molar-refractivity contribution in [2.45, 2.75) is 6.42 Å². The van der Waals surface area contributed by atoms with Gasteiger partial charge in [0.25, 0.3) is 0 Å². The third-order valence-corrected chi connectivity index (χ3v) is 1.67. The zero-order valence-corrected chi connectivity index (χ0v) is 5.91. The summed E-state index contributed by atoms with van der Waals surface area (Å²) >= 11 is 0. The van der Waals surface area contributed by atoms with Crippen LogP contribution in [-0.2, 0) is 9.59 Å². The highest BCUT2D eigenvalue weighted by molar-refractivity contribution is 5.88. The maximum absolute atomic E-state index is 10.8. The zero-order valence-electron chi connectivity index (χ0n) is 5.91. The molecule has 1 aliphatic rings. The highest BCUT2D eigenvalue weighted by Gasteiger charge is 2.32. The molecule has 11 heavy (non-hydrogen) atoms. The minimum absolute atomic E-state index is 0.152. The summed E-state index contributed by atoms with van der Waals surface area (Å²) in [5.41, 5.74) is 1.97. The van der Waals surface area contributed by atoms with Crippen LogP contribution >= 0.6 is 0 Å². The Morgan fingerprint density at radius 1 is 1.73 bits per heavy atom. The number of hydrogen-bond acceptors (Lipinski definition) is 4. The van der Waals surface area contributed by atoms with Crippen LogP contribution in [0.15, 0.2) is 0 Å². The van der Waals surface area contributed by atoms with Gasteiger partial charge in [0.2, 0.25) is 11.8 Å². The van der Waals surface area contributed by atoms with Gasteiger partial charge in [-0.2, -0.15) is 0 Å². The first-order chi connectivity index (χ1) is 5.15. The minimum Gasteiger partial charge on any atom is -0.294 e. The minimum atomic E-state index is -0.391. The fourth-order valence-corrected chi connectivity index (χ4v) is 1.03. The fourth-order valence-electron chi connectivity index (χ4n) is 1.03. The molecule has 0 radical (unpaired) electrons. The molecule has 0 spiro atoms. The Bertz CT molecular complexity index is 193. The molecule has 1 saturated heterocycles. The molecule has 1 rings (SSSR count). The van der Waals surface area contributed by atoms with Crippen LogP contribution in [0.3, 0.4) is 0 Å². The topological polar surface area (TPSA) is 101 Å². The van der Waals surface area contributed by atoms with E-state index in [4.69, 9.17) is 11.7 Å². The fraction of sp³-hybridized carbons (Fsp3) is 0.600. The molecule has 0 aliphatic carbocycles. The van der Waals surface area contributed by atoms with E-state index >= 15 is 0 Å². The van der Waals surface area contributed by atoms with Gasteiger partial charge in [0.15, 0.2) is 0 Å². The van der Waals surface area contributed by atoms with E-state index < -0.39 is 5.92 Å². The summed E-state index contributed by atoms with van der Waals surface area (Å²) in [6.45, 7) is 0.252. The van der Waals surface area contributed by atoms with Crippen molar-refractivity contribution in [3.05, 3.63) is 0 Å². The summed E-state index contributed by atoms with van der Waals surface area (Å²) in [4.78, 5) is 21.6. The number of hydrazine groups is 2. The number of amides is 2. The molecule has 62 valence electrons. The van der Waals surface area contributed by atoms with Gasteiger partial charge in [-0.15, -0.1) is 0 Å². The molecule has 0 bridgehead atoms. The lowest BCUT2D eigenvalue weighted by molar-refractivity contribution is -0.129. The number of rotatable bonds is 1. The molecular weight excluding hydrogens is 148 g/mol. The first kappa shape index (κ1) is 7.96. The van der Waals surface area contributed by atoms with Gasteiger partial charge in [0.05, 0.1) is 5.92 Å². The van der Waals surface area contributed by atoms with Gasteiger partial charge in [0.1, 0.15) is 0 Å². The summed E-state index contributed by atoms with van der Waals surface area (Å²) < 4.78 is 0. The van der Waals surface area contributed by atoms with Gasteiger partial charge in [-0.25, -0.2) is 11.7 Å². The second kappa shape index (κ2) is 2.85. The number of nitrogens with one attached hydrogen (secondary N) is 1. The maximum Gasteiger partial charge on any atom is 0.239 e. The maximum atomic E-state index is 10.8. The molecule has 0 saturated carbocycles. The van der Waals surface area contributed by atoms with Gasteiger partial charge in [-0.3, -0.25) is 20.0 Å². The molecule has 1 heterocycles. The Labute approximate surface area is 63.4 Å². The van der Waals surface area contributed by atoms with Crippen LogP contribution in [0.25, 0.3) is 0 Å². The van der Waals surface area contributed by atoms with Crippen LogP contribution in [0.4, 0.5) is 0 Å². The quantitative estimate of drug-likeness (QED) is 0.227. The number of hydrogen-bond donors (Lipinski definition) is 3. The van der Waals surface area contributed by atoms with Crippen molar-refractivity contribution < 1.29 is 9.59 Å². The van der Waals surface area contributed by atoms with Gasteiger partial charge >= 0.3 is 0 Å². The Kier molecular flexibility index (Phi) is 2.06. The normalized spacial score (nSPS) is 24.0. The van der Waals surface area contributed by atoms with E-state index in [0.29, 0.717) is 0 Å². The molecule has 1 fully saturated rings. The Morgan fingerprint density at radius 2 is 2.36 bits per heavy atom. The lowest BCUT2D eigenvalue weighted by Crippen LogP contribution is -2.38. The number of carbonyl (C=O) groups is 2. The molecule has 2 amide bonds. The summed E-state index contributed by atoms with van der Waals surface area (Å²) in [6, 6.07) is 0. The second-order valence-electron chi connectivity index (χ2n) is 2.46. The average molecular weight is 158 g/mol. The van der Waals surface area contributed by atoms with Gasteiger partial charge in [-0.05, 0) is 0 Å². The third kappa shape index (κ3) is 1.47. The highest BCUT2D eigenvalue weighted by Crippen LogP contribution is 2.13. The molecular formula is C5H10N4O2. The number of nitrogens with two attached hydrogens (primary N) is 2. The zero-order chi connectivity index (χ0) is 8.43. The summed E-state index contributed by atoms with van der Waals surface area (Å²) in [5.74, 6) is 9.14. The van der Waals surface area contributed by atoms with Gasteiger partial charge in [0, 0.05) is 13.0 Å². The van der Waals surface area contributed by atoms with Gasteiger partial charge < -0.3 is 0 Å². The van der Waals surface area contributed by atoms with E-state index in [9.17, 15) is 9.59 Å². The van der Waals surface area contributed by atoms with Crippen molar-refractivity contribution in [3.63, 3.8) is 0 Å². The van der Waals surface area contributed by atoms with Crippen molar-refractivity contribution >= 4 is 11.8 Å². The van der Waals surface area contributed by atoms with Crippen molar-refractivity contribution in [2.24, 2.45) is 17.6 Å². The second-order valence-corrected chi connectivity index (χ2v) is 2.46. The molecule has 5 N–H and O–H groups in total. The molecule has 6 nitrogen and oxygen atoms in total. The number of carbonyl (C=O) groups excluding carboxylic acids is 2. The van der Waals surface area contributed by atoms with E-state index in [-0.39, 0.29) is 24.8 Å². The predicted molar refractivity (Wildman–Crippen MR) is 36.3 cm³/mol. The van der Waals surface area contributed by atoms with Crippen LogP contribution in [0.2, 0.25) is 0 Å². The van der Waals surface area contributed by atoms with Gasteiger partial charge in [-0.1, -0.05) is 0 Å².